The number of aryl methyl sites for hydroxylation is 1. The van der Waals surface area contributed by atoms with E-state index < -0.39 is 5.91 Å². The van der Waals surface area contributed by atoms with Gasteiger partial charge in [-0.2, -0.15) is 0 Å². The van der Waals surface area contributed by atoms with Gasteiger partial charge in [-0.3, -0.25) is 9.20 Å². The van der Waals surface area contributed by atoms with E-state index in [1.54, 1.807) is 0 Å². The summed E-state index contributed by atoms with van der Waals surface area (Å²) in [4.78, 5) is 21.6. The number of primary amides is 1. The van der Waals surface area contributed by atoms with Crippen molar-refractivity contribution in [3.63, 3.8) is 0 Å². The molecule has 0 aliphatic heterocycles. The monoisotopic (exact) mass is 334 g/mol. The number of fused-ring (bicyclic) bond motifs is 1. The van der Waals surface area contributed by atoms with E-state index in [0.29, 0.717) is 10.6 Å². The van der Waals surface area contributed by atoms with Crippen LogP contribution in [0.15, 0.2) is 54.7 Å². The minimum atomic E-state index is -0.468. The van der Waals surface area contributed by atoms with Crippen molar-refractivity contribution in [3.8, 4) is 22.0 Å². The van der Waals surface area contributed by atoms with Crippen LogP contribution in [0.2, 0.25) is 0 Å². The lowest BCUT2D eigenvalue weighted by atomic mass is 10.1. The summed E-state index contributed by atoms with van der Waals surface area (Å²) < 4.78 is 1.98. The van der Waals surface area contributed by atoms with Gasteiger partial charge in [0.05, 0.1) is 11.4 Å². The van der Waals surface area contributed by atoms with Crippen molar-refractivity contribution in [2.24, 2.45) is 5.73 Å². The maximum Gasteiger partial charge on any atom is 0.261 e. The predicted octanol–water partition coefficient (Wildman–Crippen LogP) is 3.53. The number of hydrogen-bond donors (Lipinski definition) is 1. The summed E-state index contributed by atoms with van der Waals surface area (Å²) in [6.45, 7) is 1.94. The molecule has 3 heterocycles. The number of benzene rings is 1. The van der Waals surface area contributed by atoms with Gasteiger partial charge in [-0.05, 0) is 19.1 Å². The van der Waals surface area contributed by atoms with Crippen molar-refractivity contribution >= 4 is 22.9 Å². The zero-order chi connectivity index (χ0) is 16.7. The van der Waals surface area contributed by atoms with Crippen molar-refractivity contribution < 1.29 is 4.79 Å². The molecule has 0 aliphatic carbocycles. The van der Waals surface area contributed by atoms with Crippen molar-refractivity contribution in [1.82, 2.24) is 14.4 Å². The summed E-state index contributed by atoms with van der Waals surface area (Å²) >= 11 is 1.30. The molecule has 24 heavy (non-hydrogen) atoms. The van der Waals surface area contributed by atoms with Gasteiger partial charge in [0.1, 0.15) is 21.2 Å². The number of carbonyl (C=O) groups is 1. The molecule has 0 atom stereocenters. The Morgan fingerprint density at radius 2 is 1.83 bits per heavy atom. The first kappa shape index (κ1) is 14.6. The molecule has 1 amide bonds. The van der Waals surface area contributed by atoms with Gasteiger partial charge in [-0.1, -0.05) is 36.4 Å². The number of imidazole rings is 1. The van der Waals surface area contributed by atoms with Gasteiger partial charge in [0.25, 0.3) is 5.91 Å². The molecule has 3 aromatic heterocycles. The zero-order valence-corrected chi connectivity index (χ0v) is 13.7. The number of nitrogens with zero attached hydrogens (tertiary/aromatic N) is 3. The van der Waals surface area contributed by atoms with Gasteiger partial charge in [0.2, 0.25) is 0 Å². The Balaban J connectivity index is 1.97. The summed E-state index contributed by atoms with van der Waals surface area (Å²) in [5.74, 6) is -0.468. The van der Waals surface area contributed by atoms with Crippen molar-refractivity contribution in [1.29, 1.82) is 0 Å². The van der Waals surface area contributed by atoms with E-state index in [1.807, 2.05) is 66.1 Å². The number of hydrogen-bond acceptors (Lipinski definition) is 4. The summed E-state index contributed by atoms with van der Waals surface area (Å²) in [5, 5.41) is 0.735. The van der Waals surface area contributed by atoms with E-state index in [4.69, 9.17) is 10.7 Å². The molecule has 4 rings (SSSR count). The second-order valence-electron chi connectivity index (χ2n) is 5.40. The first-order valence-corrected chi connectivity index (χ1v) is 8.27. The number of nitrogens with two attached hydrogens (primary N) is 1. The van der Waals surface area contributed by atoms with Crippen LogP contribution in [0, 0.1) is 6.92 Å². The van der Waals surface area contributed by atoms with Gasteiger partial charge in [-0.25, -0.2) is 9.97 Å². The molecule has 6 heteroatoms. The van der Waals surface area contributed by atoms with Gasteiger partial charge in [0.15, 0.2) is 0 Å². The fourth-order valence-corrected chi connectivity index (χ4v) is 3.79. The highest BCUT2D eigenvalue weighted by molar-refractivity contribution is 7.17. The van der Waals surface area contributed by atoms with Crippen LogP contribution in [0.25, 0.3) is 27.6 Å². The van der Waals surface area contributed by atoms with Crippen molar-refractivity contribution in [2.75, 3.05) is 0 Å². The van der Waals surface area contributed by atoms with Crippen LogP contribution in [0.5, 0.6) is 0 Å². The van der Waals surface area contributed by atoms with Crippen LogP contribution in [0.1, 0.15) is 15.4 Å². The Kier molecular flexibility index (Phi) is 3.39. The maximum absolute atomic E-state index is 11.9. The fraction of sp³-hybridized carbons (Fsp3) is 0.0556. The van der Waals surface area contributed by atoms with Crippen LogP contribution in [-0.4, -0.2) is 20.3 Å². The van der Waals surface area contributed by atoms with Gasteiger partial charge in [0, 0.05) is 11.8 Å². The number of amides is 1. The molecule has 0 aliphatic rings. The normalized spacial score (nSPS) is 11.0. The van der Waals surface area contributed by atoms with Crippen LogP contribution in [-0.2, 0) is 0 Å². The molecule has 1 aromatic carbocycles. The molecule has 0 spiro atoms. The van der Waals surface area contributed by atoms with E-state index in [2.05, 4.69) is 4.98 Å². The Hall–Kier alpha value is -2.99. The summed E-state index contributed by atoms with van der Waals surface area (Å²) in [6.07, 6.45) is 1.94. The van der Waals surface area contributed by atoms with Crippen LogP contribution in [0.3, 0.4) is 0 Å². The highest BCUT2D eigenvalue weighted by atomic mass is 32.1. The molecule has 0 bridgehead atoms. The Labute approximate surface area is 142 Å². The number of pyridine rings is 1. The SMILES string of the molecule is Cc1nc2ccccn2c1-c1nc(-c2ccccc2)c(C(N)=O)s1. The molecule has 0 saturated carbocycles. The molecular formula is C18H14N4OS. The van der Waals surface area contributed by atoms with Crippen LogP contribution in [0.4, 0.5) is 0 Å². The molecule has 4 aromatic rings. The maximum atomic E-state index is 11.9. The predicted molar refractivity (Wildman–Crippen MR) is 95.0 cm³/mol. The number of carbonyl (C=O) groups excluding carboxylic acids is 1. The lowest BCUT2D eigenvalue weighted by Gasteiger charge is -1.99. The summed E-state index contributed by atoms with van der Waals surface area (Å²) in [7, 11) is 0. The fourth-order valence-electron chi connectivity index (χ4n) is 2.75. The third-order valence-electron chi connectivity index (χ3n) is 3.80. The lowest BCUT2D eigenvalue weighted by Crippen LogP contribution is -2.10. The van der Waals surface area contributed by atoms with E-state index in [-0.39, 0.29) is 0 Å². The smallest absolute Gasteiger partial charge is 0.261 e. The van der Waals surface area contributed by atoms with E-state index >= 15 is 0 Å². The number of thiazole rings is 1. The molecule has 2 N–H and O–H groups in total. The Bertz CT molecular complexity index is 1050. The van der Waals surface area contributed by atoms with Gasteiger partial charge >= 0.3 is 0 Å². The van der Waals surface area contributed by atoms with Gasteiger partial charge < -0.3 is 5.73 Å². The molecule has 118 valence electrons. The third kappa shape index (κ3) is 2.28. The Morgan fingerprint density at radius 1 is 1.08 bits per heavy atom. The second kappa shape index (κ2) is 5.58. The molecule has 0 unspecified atom stereocenters. The average Bonchev–Trinajstić information content (AvgIpc) is 3.16. The lowest BCUT2D eigenvalue weighted by molar-refractivity contribution is 0.100. The van der Waals surface area contributed by atoms with E-state index in [0.717, 1.165) is 27.6 Å². The number of rotatable bonds is 3. The minimum absolute atomic E-state index is 0.460. The van der Waals surface area contributed by atoms with Crippen molar-refractivity contribution in [2.45, 2.75) is 6.92 Å². The van der Waals surface area contributed by atoms with Crippen molar-refractivity contribution in [3.05, 3.63) is 65.3 Å². The summed E-state index contributed by atoms with van der Waals surface area (Å²) in [6, 6.07) is 15.4. The van der Waals surface area contributed by atoms with E-state index in [1.165, 1.54) is 11.3 Å². The molecule has 0 saturated heterocycles. The highest BCUT2D eigenvalue weighted by Gasteiger charge is 2.21. The summed E-state index contributed by atoms with van der Waals surface area (Å²) in [5.41, 5.74) is 9.68. The molecule has 0 radical (unpaired) electrons. The largest absolute Gasteiger partial charge is 0.365 e. The third-order valence-corrected chi connectivity index (χ3v) is 4.88. The van der Waals surface area contributed by atoms with Crippen LogP contribution < -0.4 is 5.73 Å². The van der Waals surface area contributed by atoms with Crippen LogP contribution >= 0.6 is 11.3 Å². The minimum Gasteiger partial charge on any atom is -0.365 e. The first-order valence-electron chi connectivity index (χ1n) is 7.45. The van der Waals surface area contributed by atoms with E-state index in [9.17, 15) is 4.79 Å². The number of aromatic nitrogens is 3. The average molecular weight is 334 g/mol. The quantitative estimate of drug-likeness (QED) is 0.623. The highest BCUT2D eigenvalue weighted by Crippen LogP contribution is 2.35. The topological polar surface area (TPSA) is 73.3 Å². The first-order chi connectivity index (χ1) is 11.6. The molecular weight excluding hydrogens is 320 g/mol. The Morgan fingerprint density at radius 3 is 2.58 bits per heavy atom. The zero-order valence-electron chi connectivity index (χ0n) is 12.9. The molecule has 0 fully saturated rings. The van der Waals surface area contributed by atoms with Gasteiger partial charge in [-0.15, -0.1) is 11.3 Å². The standard InChI is InChI=1S/C18H14N4OS/c1-11-15(22-10-6-5-9-13(22)20-11)18-21-14(16(24-18)17(19)23)12-7-3-2-4-8-12/h2-10H,1H3,(H2,19,23). The second-order valence-corrected chi connectivity index (χ2v) is 6.40. The molecule has 5 nitrogen and oxygen atoms in total.